The molecule has 4 rings (SSSR count). The van der Waals surface area contributed by atoms with Crippen molar-refractivity contribution in [3.05, 3.63) is 64.1 Å². The van der Waals surface area contributed by atoms with Crippen molar-refractivity contribution in [3.8, 4) is 5.75 Å². The van der Waals surface area contributed by atoms with E-state index in [9.17, 15) is 14.4 Å². The van der Waals surface area contributed by atoms with Crippen LogP contribution in [0, 0.1) is 11.8 Å². The van der Waals surface area contributed by atoms with Gasteiger partial charge in [0.2, 0.25) is 0 Å². The van der Waals surface area contributed by atoms with Crippen LogP contribution < -0.4 is 10.4 Å². The van der Waals surface area contributed by atoms with Crippen LogP contribution in [0.4, 0.5) is 0 Å². The third kappa shape index (κ3) is 4.80. The molecule has 0 atom stereocenters. The lowest BCUT2D eigenvalue weighted by atomic mass is 9.78. The lowest BCUT2D eigenvalue weighted by Crippen LogP contribution is -2.29. The number of aromatic nitrogens is 2. The molecule has 0 N–H and O–H groups in total. The minimum Gasteiger partial charge on any atom is -0.497 e. The number of benzene rings is 2. The Morgan fingerprint density at radius 3 is 2.48 bits per heavy atom. The van der Waals surface area contributed by atoms with Gasteiger partial charge < -0.3 is 4.74 Å². The molecule has 0 unspecified atom stereocenters. The molecule has 0 spiro atoms. The molecule has 0 amide bonds. The molecule has 0 radical (unpaired) electrons. The fraction of sp³-hybridized carbons (Fsp3) is 0.444. The number of carbonyl (C=O) groups excluding carboxylic acids is 2. The monoisotopic (exact) mass is 448 g/mol. The van der Waals surface area contributed by atoms with E-state index in [0.717, 1.165) is 48.0 Å². The summed E-state index contributed by atoms with van der Waals surface area (Å²) in [6, 6.07) is 13.2. The summed E-state index contributed by atoms with van der Waals surface area (Å²) >= 11 is 0. The standard InChI is InChI=1S/C27H32N2O4/c1-4-25(30)21-7-5-6-19(14-21)15-26(31)20-10-8-18(9-11-20)17-29-24-16-22(33-3)12-13-23(24)28(2)27(29)32/h5-7,12-14,16,18,20H,4,8-11,15,17H2,1-3H3. The molecule has 1 saturated carbocycles. The molecule has 0 aliphatic heterocycles. The Hall–Kier alpha value is -3.15. The molecule has 1 aromatic heterocycles. The van der Waals surface area contributed by atoms with Crippen molar-refractivity contribution in [1.82, 2.24) is 9.13 Å². The van der Waals surface area contributed by atoms with E-state index in [2.05, 4.69) is 0 Å². The minimum atomic E-state index is -0.0158. The van der Waals surface area contributed by atoms with E-state index in [-0.39, 0.29) is 23.2 Å². The Morgan fingerprint density at radius 1 is 1.03 bits per heavy atom. The van der Waals surface area contributed by atoms with Crippen molar-refractivity contribution in [2.24, 2.45) is 18.9 Å². The minimum absolute atomic E-state index is 0.0158. The third-order valence-corrected chi connectivity index (χ3v) is 7.04. The van der Waals surface area contributed by atoms with E-state index in [1.165, 1.54) is 0 Å². The second-order valence-corrected chi connectivity index (χ2v) is 9.14. The molecular weight excluding hydrogens is 416 g/mol. The maximum Gasteiger partial charge on any atom is 0.328 e. The maximum absolute atomic E-state index is 12.9. The molecule has 2 aromatic carbocycles. The quantitative estimate of drug-likeness (QED) is 0.474. The summed E-state index contributed by atoms with van der Waals surface area (Å²) in [6.07, 6.45) is 4.39. The predicted molar refractivity (Wildman–Crippen MR) is 129 cm³/mol. The van der Waals surface area contributed by atoms with Gasteiger partial charge in [-0.25, -0.2) is 4.79 Å². The molecule has 6 heteroatoms. The van der Waals surface area contributed by atoms with Crippen LogP contribution in [0.1, 0.15) is 54.9 Å². The van der Waals surface area contributed by atoms with Gasteiger partial charge in [-0.1, -0.05) is 25.1 Å². The average molecular weight is 449 g/mol. The van der Waals surface area contributed by atoms with Crippen LogP contribution in [0.5, 0.6) is 5.75 Å². The maximum atomic E-state index is 12.9. The third-order valence-electron chi connectivity index (χ3n) is 7.04. The summed E-state index contributed by atoms with van der Waals surface area (Å²) in [4.78, 5) is 37.7. The zero-order valence-electron chi connectivity index (χ0n) is 19.7. The van der Waals surface area contributed by atoms with Crippen LogP contribution in [0.15, 0.2) is 47.3 Å². The molecule has 6 nitrogen and oxygen atoms in total. The van der Waals surface area contributed by atoms with Crippen LogP contribution in [-0.2, 0) is 24.8 Å². The number of imidazole rings is 1. The van der Waals surface area contributed by atoms with Crippen molar-refractivity contribution < 1.29 is 14.3 Å². The van der Waals surface area contributed by atoms with Gasteiger partial charge in [0.1, 0.15) is 11.5 Å². The van der Waals surface area contributed by atoms with E-state index in [4.69, 9.17) is 4.74 Å². The van der Waals surface area contributed by atoms with Crippen molar-refractivity contribution in [2.45, 2.75) is 52.0 Å². The van der Waals surface area contributed by atoms with Gasteiger partial charge in [0.15, 0.2) is 5.78 Å². The number of hydrogen-bond acceptors (Lipinski definition) is 4. The molecule has 1 aliphatic carbocycles. The molecule has 33 heavy (non-hydrogen) atoms. The number of ether oxygens (including phenoxy) is 1. The number of nitrogens with zero attached hydrogens (tertiary/aromatic N) is 2. The van der Waals surface area contributed by atoms with Gasteiger partial charge in [-0.15, -0.1) is 0 Å². The molecule has 0 saturated heterocycles. The predicted octanol–water partition coefficient (Wildman–Crippen LogP) is 4.56. The first kappa shape index (κ1) is 23.0. The number of methoxy groups -OCH3 is 1. The molecule has 0 bridgehead atoms. The summed E-state index contributed by atoms with van der Waals surface area (Å²) in [6.45, 7) is 2.51. The average Bonchev–Trinajstić information content (AvgIpc) is 3.08. The molecule has 174 valence electrons. The molecular formula is C27H32N2O4. The summed E-state index contributed by atoms with van der Waals surface area (Å²) in [5.41, 5.74) is 3.37. The lowest BCUT2D eigenvalue weighted by molar-refractivity contribution is -0.123. The largest absolute Gasteiger partial charge is 0.497 e. The van der Waals surface area contributed by atoms with E-state index < -0.39 is 0 Å². The van der Waals surface area contributed by atoms with Gasteiger partial charge in [-0.05, 0) is 55.4 Å². The Labute approximate surface area is 194 Å². The van der Waals surface area contributed by atoms with Crippen molar-refractivity contribution >= 4 is 22.6 Å². The van der Waals surface area contributed by atoms with Gasteiger partial charge in [0.05, 0.1) is 18.1 Å². The number of rotatable bonds is 8. The topological polar surface area (TPSA) is 70.3 Å². The Kier molecular flexibility index (Phi) is 6.82. The van der Waals surface area contributed by atoms with E-state index >= 15 is 0 Å². The summed E-state index contributed by atoms with van der Waals surface area (Å²) in [5, 5.41) is 0. The van der Waals surface area contributed by atoms with Crippen molar-refractivity contribution in [1.29, 1.82) is 0 Å². The van der Waals surface area contributed by atoms with Crippen LogP contribution in [0.2, 0.25) is 0 Å². The Morgan fingerprint density at radius 2 is 1.79 bits per heavy atom. The molecule has 1 heterocycles. The fourth-order valence-corrected chi connectivity index (χ4v) is 5.02. The van der Waals surface area contributed by atoms with Crippen molar-refractivity contribution in [2.75, 3.05) is 7.11 Å². The highest BCUT2D eigenvalue weighted by atomic mass is 16.5. The van der Waals surface area contributed by atoms with E-state index in [1.54, 1.807) is 18.7 Å². The van der Waals surface area contributed by atoms with E-state index in [1.807, 2.05) is 54.0 Å². The first-order valence-electron chi connectivity index (χ1n) is 11.8. The first-order valence-corrected chi connectivity index (χ1v) is 11.8. The van der Waals surface area contributed by atoms with Crippen molar-refractivity contribution in [3.63, 3.8) is 0 Å². The lowest BCUT2D eigenvalue weighted by Gasteiger charge is -2.28. The molecule has 1 aliphatic rings. The molecule has 3 aromatic rings. The van der Waals surface area contributed by atoms with Gasteiger partial charge in [-0.2, -0.15) is 0 Å². The second kappa shape index (κ2) is 9.77. The smallest absolute Gasteiger partial charge is 0.328 e. The SMILES string of the molecule is CCC(=O)c1cccc(CC(=O)C2CCC(Cn3c(=O)n(C)c4ccc(OC)cc43)CC2)c1. The number of carbonyl (C=O) groups is 2. The van der Waals surface area contributed by atoms with Crippen LogP contribution in [0.3, 0.4) is 0 Å². The van der Waals surface area contributed by atoms with Gasteiger partial charge in [0.25, 0.3) is 0 Å². The van der Waals surface area contributed by atoms with Gasteiger partial charge >= 0.3 is 5.69 Å². The summed E-state index contributed by atoms with van der Waals surface area (Å²) in [7, 11) is 3.43. The normalized spacial score (nSPS) is 18.4. The zero-order valence-corrected chi connectivity index (χ0v) is 19.7. The fourth-order valence-electron chi connectivity index (χ4n) is 5.02. The van der Waals surface area contributed by atoms with Crippen LogP contribution in [-0.4, -0.2) is 27.8 Å². The highest BCUT2D eigenvalue weighted by Crippen LogP contribution is 2.32. The van der Waals surface area contributed by atoms with E-state index in [0.29, 0.717) is 30.9 Å². The Balaban J connectivity index is 1.40. The number of ketones is 2. The number of fused-ring (bicyclic) bond motifs is 1. The number of Topliss-reactive ketones (excluding diaryl/α,β-unsaturated/α-hetero) is 2. The first-order chi connectivity index (χ1) is 15.9. The second-order valence-electron chi connectivity index (χ2n) is 9.14. The number of aryl methyl sites for hydroxylation is 1. The summed E-state index contributed by atoms with van der Waals surface area (Å²) in [5.74, 6) is 1.51. The van der Waals surface area contributed by atoms with Crippen LogP contribution >= 0.6 is 0 Å². The Bertz CT molecular complexity index is 1230. The summed E-state index contributed by atoms with van der Waals surface area (Å²) < 4.78 is 8.88. The van der Waals surface area contributed by atoms with Crippen LogP contribution in [0.25, 0.3) is 11.0 Å². The van der Waals surface area contributed by atoms with Gasteiger partial charge in [0, 0.05) is 44.0 Å². The highest BCUT2D eigenvalue weighted by molar-refractivity contribution is 5.96. The number of hydrogen-bond donors (Lipinski definition) is 0. The molecule has 1 fully saturated rings. The zero-order chi connectivity index (χ0) is 23.5. The highest BCUT2D eigenvalue weighted by Gasteiger charge is 2.27. The van der Waals surface area contributed by atoms with Gasteiger partial charge in [-0.3, -0.25) is 18.7 Å².